The third kappa shape index (κ3) is 6.13. The normalized spacial score (nSPS) is 28.4. The van der Waals surface area contributed by atoms with E-state index in [1.54, 1.807) is 18.2 Å². The van der Waals surface area contributed by atoms with E-state index in [9.17, 15) is 19.8 Å². The zero-order valence-corrected chi connectivity index (χ0v) is 22.3. The van der Waals surface area contributed by atoms with Crippen molar-refractivity contribution in [1.29, 1.82) is 0 Å². The monoisotopic (exact) mass is 519 g/mol. The number of carboxylic acids is 2. The van der Waals surface area contributed by atoms with Crippen LogP contribution in [0.15, 0.2) is 18.2 Å². The van der Waals surface area contributed by atoms with Gasteiger partial charge in [-0.25, -0.2) is 0 Å². The van der Waals surface area contributed by atoms with E-state index in [0.29, 0.717) is 5.41 Å². The predicted molar refractivity (Wildman–Crippen MR) is 121 cm³/mol. The number of nitrogens with zero attached hydrogens (tertiary/aromatic N) is 1. The summed E-state index contributed by atoms with van der Waals surface area (Å²) in [7, 11) is 4.12. The number of piperidine rings is 1. The van der Waals surface area contributed by atoms with E-state index < -0.39 is 36.4 Å². The van der Waals surface area contributed by atoms with Gasteiger partial charge in [0.2, 0.25) is 0 Å². The number of aliphatic hydroxyl groups excluding tert-OH is 4. The van der Waals surface area contributed by atoms with E-state index in [4.69, 9.17) is 25.2 Å². The molecule has 1 saturated carbocycles. The minimum Gasteiger partial charge on any atom is -0.547 e. The molecule has 1 saturated heterocycles. The second-order valence-corrected chi connectivity index (χ2v) is 9.54. The molecule has 2 aliphatic carbocycles. The summed E-state index contributed by atoms with van der Waals surface area (Å²) < 4.78 is 5.51. The van der Waals surface area contributed by atoms with Crippen LogP contribution in [0.3, 0.4) is 0 Å². The maximum atomic E-state index is 9.96. The first-order chi connectivity index (χ1) is 16.0. The Morgan fingerprint density at radius 1 is 1.06 bits per heavy atom. The van der Waals surface area contributed by atoms with Gasteiger partial charge >= 0.3 is 37.7 Å². The van der Waals surface area contributed by atoms with Crippen molar-refractivity contribution in [3.05, 3.63) is 29.3 Å². The maximum Gasteiger partial charge on any atom is 2.00 e. The number of aliphatic hydroxyl groups is 4. The van der Waals surface area contributed by atoms with Crippen LogP contribution in [0.4, 0.5) is 0 Å². The Hall–Kier alpha value is -0.980. The number of hydrogen-bond acceptors (Lipinski definition) is 10. The van der Waals surface area contributed by atoms with Crippen LogP contribution in [0.1, 0.15) is 43.2 Å². The van der Waals surface area contributed by atoms with Gasteiger partial charge in [0.1, 0.15) is 30.2 Å². The van der Waals surface area contributed by atoms with Crippen molar-refractivity contribution in [2.45, 2.75) is 74.4 Å². The topological polar surface area (TPSA) is 174 Å². The van der Waals surface area contributed by atoms with E-state index in [2.05, 4.69) is 30.1 Å². The van der Waals surface area contributed by atoms with E-state index in [1.165, 1.54) is 45.1 Å². The van der Waals surface area contributed by atoms with Gasteiger partial charge in [-0.1, -0.05) is 18.9 Å². The number of carbonyl (C=O) groups excluding carboxylic acids is 2. The van der Waals surface area contributed by atoms with Crippen LogP contribution >= 0.6 is 0 Å². The average molecular weight is 520 g/mol. The molecule has 10 nitrogen and oxygen atoms in total. The number of hydrogen-bond donors (Lipinski definition) is 4. The van der Waals surface area contributed by atoms with Gasteiger partial charge in [0.05, 0.1) is 19.0 Å². The number of ether oxygens (including phenoxy) is 1. The van der Waals surface area contributed by atoms with Crippen LogP contribution in [-0.2, 0) is 21.4 Å². The van der Waals surface area contributed by atoms with Gasteiger partial charge in [0.25, 0.3) is 0 Å². The van der Waals surface area contributed by atoms with Gasteiger partial charge in [-0.2, -0.15) is 0 Å². The van der Waals surface area contributed by atoms with Gasteiger partial charge in [-0.3, -0.25) is 0 Å². The number of fused-ring (bicyclic) bond motifs is 1. The van der Waals surface area contributed by atoms with Crippen molar-refractivity contribution in [3.63, 3.8) is 0 Å². The van der Waals surface area contributed by atoms with Gasteiger partial charge in [-0.15, -0.1) is 0 Å². The number of methoxy groups -OCH3 is 1. The average Bonchev–Trinajstić information content (AvgIpc) is 2.84. The third-order valence-electron chi connectivity index (χ3n) is 7.80. The van der Waals surface area contributed by atoms with E-state index >= 15 is 0 Å². The zero-order valence-electron chi connectivity index (χ0n) is 20.1. The fourth-order valence-electron chi connectivity index (χ4n) is 5.96. The molecule has 0 unspecified atom stereocenters. The molecule has 2 bridgehead atoms. The van der Waals surface area contributed by atoms with Gasteiger partial charge < -0.3 is 49.9 Å². The summed E-state index contributed by atoms with van der Waals surface area (Å²) in [6, 6.07) is 7.60. The fraction of sp³-hybridized carbons (Fsp3) is 0.667. The van der Waals surface area contributed by atoms with Crippen LogP contribution in [0.5, 0.6) is 5.75 Å². The Bertz CT molecular complexity index is 876. The van der Waals surface area contributed by atoms with Crippen molar-refractivity contribution in [2.75, 3.05) is 20.7 Å². The Labute approximate surface area is 234 Å². The molecule has 3 aliphatic rings. The van der Waals surface area contributed by atoms with Crippen LogP contribution < -0.4 is 14.9 Å². The van der Waals surface area contributed by atoms with Crippen molar-refractivity contribution in [2.24, 2.45) is 5.92 Å². The Morgan fingerprint density at radius 3 is 2.20 bits per heavy atom. The quantitative estimate of drug-likeness (QED) is 0.283. The molecule has 1 aromatic carbocycles. The molecule has 0 spiro atoms. The Kier molecular flexibility index (Phi) is 10.8. The van der Waals surface area contributed by atoms with Gasteiger partial charge in [0.15, 0.2) is 0 Å². The summed E-state index contributed by atoms with van der Waals surface area (Å²) in [6.45, 7) is 1.26. The largest absolute Gasteiger partial charge is 2.00 e. The molecule has 11 heteroatoms. The number of aliphatic carboxylic acids is 2. The molecule has 0 aromatic heterocycles. The van der Waals surface area contributed by atoms with E-state index in [0.717, 1.165) is 17.7 Å². The van der Waals surface area contributed by atoms with Crippen molar-refractivity contribution >= 4 is 49.7 Å². The standard InChI is InChI=1S/C18H25NO.C6H10O8.Ca/c1-19-10-9-18-8-4-3-5-15(18)17(19)11-13-6-7-14(20-2)12-16(13)18;7-1(3(9)5(11)12)2(8)4(10)6(13)14;/h6-7,12,15,17H,3-5,8-11H2,1-2H3;1-4,7-10H,(H,11,12)(H,13,14);/q;;+2/p-2/t15-,17+,18+;1-,2-,3-,4+;/m10./s1. The van der Waals surface area contributed by atoms with Crippen LogP contribution in [0, 0.1) is 5.92 Å². The summed E-state index contributed by atoms with van der Waals surface area (Å²) in [4.78, 5) is 22.5. The molecule has 1 heterocycles. The molecule has 0 radical (unpaired) electrons. The van der Waals surface area contributed by atoms with E-state index in [1.807, 2.05) is 0 Å². The molecular formula is C24H33CaNO9. The molecule has 2 fully saturated rings. The van der Waals surface area contributed by atoms with Crippen LogP contribution in [0.25, 0.3) is 0 Å². The molecule has 7 atom stereocenters. The molecular weight excluding hydrogens is 486 g/mol. The van der Waals surface area contributed by atoms with Crippen molar-refractivity contribution in [1.82, 2.24) is 4.90 Å². The molecule has 4 rings (SSSR count). The third-order valence-corrected chi connectivity index (χ3v) is 7.80. The molecule has 0 amide bonds. The molecule has 1 aliphatic heterocycles. The summed E-state index contributed by atoms with van der Waals surface area (Å²) in [5.74, 6) is -2.31. The van der Waals surface area contributed by atoms with Crippen LogP contribution in [0.2, 0.25) is 0 Å². The minimum absolute atomic E-state index is 0. The van der Waals surface area contributed by atoms with Crippen LogP contribution in [-0.4, -0.2) is 126 Å². The number of likely N-dealkylation sites (tertiary alicyclic amines) is 1. The number of benzene rings is 1. The maximum absolute atomic E-state index is 9.96. The Morgan fingerprint density at radius 2 is 1.66 bits per heavy atom. The molecule has 1 aromatic rings. The second-order valence-electron chi connectivity index (χ2n) is 9.54. The summed E-state index contributed by atoms with van der Waals surface area (Å²) in [5, 5.41) is 54.7. The number of rotatable bonds is 6. The smallest absolute Gasteiger partial charge is 0.547 e. The summed E-state index contributed by atoms with van der Waals surface area (Å²) in [5.41, 5.74) is 3.67. The van der Waals surface area contributed by atoms with E-state index in [-0.39, 0.29) is 37.7 Å². The second kappa shape index (κ2) is 12.5. The van der Waals surface area contributed by atoms with Crippen molar-refractivity contribution < 1.29 is 45.0 Å². The molecule has 4 N–H and O–H groups in total. The van der Waals surface area contributed by atoms with Crippen molar-refractivity contribution in [3.8, 4) is 5.75 Å². The first-order valence-corrected chi connectivity index (χ1v) is 11.5. The first-order valence-electron chi connectivity index (χ1n) is 11.5. The van der Waals surface area contributed by atoms with Gasteiger partial charge in [0, 0.05) is 11.5 Å². The first kappa shape index (κ1) is 30.2. The number of carboxylic acid groups (broad SMARTS) is 2. The summed E-state index contributed by atoms with van der Waals surface area (Å²) >= 11 is 0. The Balaban J connectivity index is 0.000000258. The molecule has 190 valence electrons. The minimum atomic E-state index is -2.50. The number of likely N-dealkylation sites (N-methyl/N-ethyl adjacent to an activating group) is 1. The van der Waals surface area contributed by atoms with Gasteiger partial charge in [-0.05, 0) is 68.5 Å². The fourth-order valence-corrected chi connectivity index (χ4v) is 5.96. The predicted octanol–water partition coefficient (Wildman–Crippen LogP) is -3.07. The SMILES string of the molecule is COc1ccc2c(c1)[C@]13CCCC[C@@H]1[C@H](C2)N(C)CC3.O=C([O-])[C@@H](O)[C@@H](O)[C@H](O)[C@@H](O)C(=O)[O-].[Ca+2]. The molecule has 35 heavy (non-hydrogen) atoms. The number of carbonyl (C=O) groups is 2. The summed E-state index contributed by atoms with van der Waals surface area (Å²) in [6.07, 6.45) is -1.54. The zero-order chi connectivity index (χ0) is 25.2.